The topological polar surface area (TPSA) is 84.7 Å². The van der Waals surface area contributed by atoms with Gasteiger partial charge in [-0.1, -0.05) is 48.0 Å². The van der Waals surface area contributed by atoms with Crippen molar-refractivity contribution in [1.29, 1.82) is 0 Å². The van der Waals surface area contributed by atoms with Crippen molar-refractivity contribution >= 4 is 29.3 Å². The van der Waals surface area contributed by atoms with Gasteiger partial charge >= 0.3 is 0 Å². The predicted molar refractivity (Wildman–Crippen MR) is 112 cm³/mol. The Morgan fingerprint density at radius 1 is 1.31 bits per heavy atom. The average molecular weight is 416 g/mol. The van der Waals surface area contributed by atoms with Crippen LogP contribution in [-0.4, -0.2) is 48.1 Å². The maximum Gasteiger partial charge on any atom is 0.288 e. The Morgan fingerprint density at radius 3 is 2.86 bits per heavy atom. The Balaban J connectivity index is 1.48. The molecule has 2 aromatic carbocycles. The molecule has 3 rings (SSSR count). The number of carbonyl (C=O) groups excluding carboxylic acids is 1. The number of nitrogens with one attached hydrogen (secondary N) is 1. The van der Waals surface area contributed by atoms with E-state index in [4.69, 9.17) is 16.3 Å². The summed E-state index contributed by atoms with van der Waals surface area (Å²) in [7, 11) is 0. The zero-order valence-corrected chi connectivity index (χ0v) is 16.5. The number of carbonyl (C=O) groups is 1. The van der Waals surface area contributed by atoms with Crippen LogP contribution < -0.4 is 5.32 Å². The summed E-state index contributed by atoms with van der Waals surface area (Å²) in [6.45, 7) is 3.47. The molecule has 1 heterocycles. The van der Waals surface area contributed by atoms with Crippen molar-refractivity contribution in [2.24, 2.45) is 0 Å². The van der Waals surface area contributed by atoms with E-state index < -0.39 is 4.92 Å². The van der Waals surface area contributed by atoms with Crippen LogP contribution in [0.15, 0.2) is 54.6 Å². The number of rotatable bonds is 7. The number of amides is 1. The summed E-state index contributed by atoms with van der Waals surface area (Å²) < 4.78 is 5.74. The lowest BCUT2D eigenvalue weighted by atomic mass is 10.2. The summed E-state index contributed by atoms with van der Waals surface area (Å²) in [6.07, 6.45) is 2.78. The van der Waals surface area contributed by atoms with E-state index in [1.807, 2.05) is 18.2 Å². The molecular formula is C21H22ClN3O4. The first-order chi connectivity index (χ1) is 14.0. The van der Waals surface area contributed by atoms with Gasteiger partial charge in [0.1, 0.15) is 5.02 Å². The van der Waals surface area contributed by atoms with Gasteiger partial charge in [-0.2, -0.15) is 0 Å². The zero-order valence-electron chi connectivity index (χ0n) is 15.8. The average Bonchev–Trinajstić information content (AvgIpc) is 2.72. The lowest BCUT2D eigenvalue weighted by Gasteiger charge is -2.33. The van der Waals surface area contributed by atoms with E-state index in [1.165, 1.54) is 29.8 Å². The molecule has 8 heteroatoms. The molecule has 1 aliphatic heterocycles. The van der Waals surface area contributed by atoms with Crippen LogP contribution in [0.2, 0.25) is 5.02 Å². The van der Waals surface area contributed by atoms with Gasteiger partial charge in [0.2, 0.25) is 5.91 Å². The Bertz CT molecular complexity index is 889. The summed E-state index contributed by atoms with van der Waals surface area (Å²) in [5.41, 5.74) is 1.58. The van der Waals surface area contributed by atoms with Gasteiger partial charge in [0, 0.05) is 38.3 Å². The number of morpholine rings is 1. The number of nitrogens with zero attached hydrogens (tertiary/aromatic N) is 2. The van der Waals surface area contributed by atoms with Crippen molar-refractivity contribution in [3.8, 4) is 0 Å². The van der Waals surface area contributed by atoms with Gasteiger partial charge in [0.05, 0.1) is 17.6 Å². The monoisotopic (exact) mass is 415 g/mol. The quantitative estimate of drug-likeness (QED) is 0.426. The van der Waals surface area contributed by atoms with Gasteiger partial charge in [0.15, 0.2) is 0 Å². The highest BCUT2D eigenvalue weighted by molar-refractivity contribution is 6.32. The molecule has 0 spiro atoms. The number of benzene rings is 2. The first-order valence-electron chi connectivity index (χ1n) is 9.29. The van der Waals surface area contributed by atoms with E-state index in [9.17, 15) is 14.9 Å². The molecule has 1 atom stereocenters. The number of nitro benzene ring substituents is 1. The highest BCUT2D eigenvalue weighted by Crippen LogP contribution is 2.25. The number of hydrogen-bond acceptors (Lipinski definition) is 5. The van der Waals surface area contributed by atoms with Crippen molar-refractivity contribution in [2.45, 2.75) is 12.6 Å². The minimum absolute atomic E-state index is 0.0612. The third kappa shape index (κ3) is 6.39. The lowest BCUT2D eigenvalue weighted by molar-refractivity contribution is -0.384. The van der Waals surface area contributed by atoms with Gasteiger partial charge < -0.3 is 10.1 Å². The molecule has 0 radical (unpaired) electrons. The van der Waals surface area contributed by atoms with Crippen LogP contribution in [0.4, 0.5) is 5.69 Å². The van der Waals surface area contributed by atoms with Crippen LogP contribution in [0.3, 0.4) is 0 Å². The largest absolute Gasteiger partial charge is 0.374 e. The fourth-order valence-electron chi connectivity index (χ4n) is 3.11. The van der Waals surface area contributed by atoms with E-state index >= 15 is 0 Å². The smallest absolute Gasteiger partial charge is 0.288 e. The van der Waals surface area contributed by atoms with E-state index in [2.05, 4.69) is 22.3 Å². The number of nitro groups is 1. The SMILES string of the molecule is O=C(/C=C/c1ccc(Cl)c([N+](=O)[O-])c1)NCC1CN(Cc2ccccc2)CCO1. The highest BCUT2D eigenvalue weighted by atomic mass is 35.5. The van der Waals surface area contributed by atoms with E-state index in [0.29, 0.717) is 18.7 Å². The Morgan fingerprint density at radius 2 is 2.10 bits per heavy atom. The third-order valence-corrected chi connectivity index (χ3v) is 4.89. The zero-order chi connectivity index (χ0) is 20.6. The second-order valence-electron chi connectivity index (χ2n) is 6.76. The molecule has 1 aliphatic rings. The van der Waals surface area contributed by atoms with Crippen LogP contribution in [0.5, 0.6) is 0 Å². The van der Waals surface area contributed by atoms with Crippen LogP contribution in [0.25, 0.3) is 6.08 Å². The maximum absolute atomic E-state index is 12.1. The Kier molecular flexibility index (Phi) is 7.35. The minimum atomic E-state index is -0.554. The molecule has 2 aromatic rings. The fourth-order valence-corrected chi connectivity index (χ4v) is 3.29. The van der Waals surface area contributed by atoms with Crippen LogP contribution in [0, 0.1) is 10.1 Å². The van der Waals surface area contributed by atoms with Gasteiger partial charge in [0.25, 0.3) is 5.69 Å². The summed E-state index contributed by atoms with van der Waals surface area (Å²) in [5.74, 6) is -0.286. The molecule has 0 bridgehead atoms. The molecule has 1 N–H and O–H groups in total. The first kappa shape index (κ1) is 21.0. The lowest BCUT2D eigenvalue weighted by Crippen LogP contribution is -2.46. The Labute approximate surface area is 174 Å². The molecule has 1 saturated heterocycles. The predicted octanol–water partition coefficient (Wildman–Crippen LogP) is 3.28. The molecular weight excluding hydrogens is 394 g/mol. The number of ether oxygens (including phenoxy) is 1. The van der Waals surface area contributed by atoms with Crippen LogP contribution >= 0.6 is 11.6 Å². The van der Waals surface area contributed by atoms with Gasteiger partial charge in [-0.3, -0.25) is 19.8 Å². The molecule has 1 amide bonds. The molecule has 1 unspecified atom stereocenters. The summed E-state index contributed by atoms with van der Waals surface area (Å²) >= 11 is 5.79. The van der Waals surface area contributed by atoms with E-state index in [-0.39, 0.29) is 22.7 Å². The highest BCUT2D eigenvalue weighted by Gasteiger charge is 2.20. The van der Waals surface area contributed by atoms with Crippen molar-refractivity contribution in [1.82, 2.24) is 10.2 Å². The van der Waals surface area contributed by atoms with Gasteiger partial charge in [-0.25, -0.2) is 0 Å². The third-order valence-electron chi connectivity index (χ3n) is 4.57. The number of hydrogen-bond donors (Lipinski definition) is 1. The number of halogens is 1. The van der Waals surface area contributed by atoms with Gasteiger partial charge in [-0.05, 0) is 23.3 Å². The van der Waals surface area contributed by atoms with Crippen LogP contribution in [-0.2, 0) is 16.1 Å². The summed E-state index contributed by atoms with van der Waals surface area (Å²) in [4.78, 5) is 24.8. The standard InChI is InChI=1S/C21H22ClN3O4/c22-19-8-6-16(12-20(19)25(27)28)7-9-21(26)23-13-18-15-24(10-11-29-18)14-17-4-2-1-3-5-17/h1-9,12,18H,10-11,13-15H2,(H,23,26)/b9-7+. The van der Waals surface area contributed by atoms with Crippen molar-refractivity contribution in [3.05, 3.63) is 80.9 Å². The minimum Gasteiger partial charge on any atom is -0.374 e. The van der Waals surface area contributed by atoms with Crippen molar-refractivity contribution < 1.29 is 14.5 Å². The molecule has 0 aliphatic carbocycles. The molecule has 152 valence electrons. The maximum atomic E-state index is 12.1. The van der Waals surface area contributed by atoms with Crippen molar-refractivity contribution in [2.75, 3.05) is 26.2 Å². The van der Waals surface area contributed by atoms with Gasteiger partial charge in [-0.15, -0.1) is 0 Å². The van der Waals surface area contributed by atoms with E-state index in [1.54, 1.807) is 6.07 Å². The fraction of sp³-hybridized carbons (Fsp3) is 0.286. The first-order valence-corrected chi connectivity index (χ1v) is 9.67. The Hall–Kier alpha value is -2.74. The molecule has 29 heavy (non-hydrogen) atoms. The van der Waals surface area contributed by atoms with E-state index in [0.717, 1.165) is 19.6 Å². The molecule has 0 saturated carbocycles. The van der Waals surface area contributed by atoms with Crippen LogP contribution in [0.1, 0.15) is 11.1 Å². The molecule has 1 fully saturated rings. The summed E-state index contributed by atoms with van der Waals surface area (Å²) in [5, 5.41) is 13.8. The van der Waals surface area contributed by atoms with Crippen molar-refractivity contribution in [3.63, 3.8) is 0 Å². The molecule has 7 nitrogen and oxygen atoms in total. The molecule has 0 aromatic heterocycles. The summed E-state index contributed by atoms with van der Waals surface area (Å²) in [6, 6.07) is 14.6. The second-order valence-corrected chi connectivity index (χ2v) is 7.17. The normalized spacial score (nSPS) is 17.3. The second kappa shape index (κ2) is 10.2.